The third-order valence-electron chi connectivity index (χ3n) is 4.85. The fourth-order valence-corrected chi connectivity index (χ4v) is 3.32. The Balaban J connectivity index is 1.52. The van der Waals surface area contributed by atoms with Gasteiger partial charge in [0.15, 0.2) is 0 Å². The first-order valence-corrected chi connectivity index (χ1v) is 8.77. The summed E-state index contributed by atoms with van der Waals surface area (Å²) in [6.07, 6.45) is 0. The highest BCUT2D eigenvalue weighted by atomic mass is 15.3. The molecule has 0 fully saturated rings. The number of benzene rings is 2. The van der Waals surface area contributed by atoms with Crippen LogP contribution >= 0.6 is 0 Å². The second-order valence-corrected chi connectivity index (χ2v) is 6.47. The summed E-state index contributed by atoms with van der Waals surface area (Å²) < 4.78 is 2.06. The Bertz CT molecular complexity index is 1040. The van der Waals surface area contributed by atoms with Crippen LogP contribution in [0.25, 0.3) is 21.9 Å². The Morgan fingerprint density at radius 1 is 1.08 bits per heavy atom. The largest absolute Gasteiger partial charge is 0.341 e. The standard InChI is InChI=1S/C20H23N5/c1-4-25-18-8-6-5-7-15(18)17(24-25)11-21-12-19-22-16-10-9-13(2)14(3)20(16)23-19/h5-10,21H,4,11-12H2,1-3H3,(H,22,23). The van der Waals surface area contributed by atoms with Gasteiger partial charge in [-0.05, 0) is 44.0 Å². The zero-order valence-corrected chi connectivity index (χ0v) is 14.9. The van der Waals surface area contributed by atoms with Crippen molar-refractivity contribution in [1.82, 2.24) is 25.1 Å². The fourth-order valence-electron chi connectivity index (χ4n) is 3.32. The molecule has 0 amide bonds. The highest BCUT2D eigenvalue weighted by Crippen LogP contribution is 2.20. The normalized spacial score (nSPS) is 11.6. The maximum absolute atomic E-state index is 4.74. The third kappa shape index (κ3) is 2.81. The van der Waals surface area contributed by atoms with E-state index in [4.69, 9.17) is 10.1 Å². The van der Waals surface area contributed by atoms with E-state index in [0.717, 1.165) is 35.6 Å². The van der Waals surface area contributed by atoms with E-state index in [1.807, 2.05) is 0 Å². The van der Waals surface area contributed by atoms with Gasteiger partial charge in [0.25, 0.3) is 0 Å². The minimum Gasteiger partial charge on any atom is -0.341 e. The number of rotatable bonds is 5. The van der Waals surface area contributed by atoms with Crippen molar-refractivity contribution in [2.24, 2.45) is 0 Å². The number of fused-ring (bicyclic) bond motifs is 2. The second-order valence-electron chi connectivity index (χ2n) is 6.47. The SMILES string of the molecule is CCn1nc(CNCc2nc3c(C)c(C)ccc3[nH]2)c2ccccc21. The van der Waals surface area contributed by atoms with E-state index < -0.39 is 0 Å². The molecule has 0 spiro atoms. The molecule has 2 aromatic heterocycles. The average molecular weight is 333 g/mol. The molecule has 0 saturated carbocycles. The number of hydrogen-bond donors (Lipinski definition) is 2. The van der Waals surface area contributed by atoms with Crippen molar-refractivity contribution in [1.29, 1.82) is 0 Å². The molecular weight excluding hydrogens is 310 g/mol. The fraction of sp³-hybridized carbons (Fsp3) is 0.300. The zero-order chi connectivity index (χ0) is 17.4. The number of para-hydroxylation sites is 1. The van der Waals surface area contributed by atoms with Crippen LogP contribution < -0.4 is 5.32 Å². The maximum Gasteiger partial charge on any atom is 0.121 e. The molecule has 0 atom stereocenters. The summed E-state index contributed by atoms with van der Waals surface area (Å²) in [7, 11) is 0. The molecule has 0 radical (unpaired) electrons. The number of nitrogens with zero attached hydrogens (tertiary/aromatic N) is 3. The van der Waals surface area contributed by atoms with Gasteiger partial charge in [0.1, 0.15) is 5.82 Å². The van der Waals surface area contributed by atoms with Gasteiger partial charge in [-0.15, -0.1) is 0 Å². The van der Waals surface area contributed by atoms with Crippen LogP contribution in [0.1, 0.15) is 29.6 Å². The summed E-state index contributed by atoms with van der Waals surface area (Å²) in [4.78, 5) is 8.15. The average Bonchev–Trinajstić information content (AvgIpc) is 3.20. The van der Waals surface area contributed by atoms with E-state index in [1.54, 1.807) is 0 Å². The summed E-state index contributed by atoms with van der Waals surface area (Å²) in [5.74, 6) is 0.961. The van der Waals surface area contributed by atoms with Crippen molar-refractivity contribution in [2.45, 2.75) is 40.4 Å². The van der Waals surface area contributed by atoms with Crippen LogP contribution in [0.4, 0.5) is 0 Å². The lowest BCUT2D eigenvalue weighted by atomic mass is 10.1. The van der Waals surface area contributed by atoms with E-state index in [9.17, 15) is 0 Å². The number of aryl methyl sites for hydroxylation is 3. The van der Waals surface area contributed by atoms with E-state index in [-0.39, 0.29) is 0 Å². The van der Waals surface area contributed by atoms with Crippen molar-refractivity contribution in [3.05, 3.63) is 59.0 Å². The predicted octanol–water partition coefficient (Wildman–Crippen LogP) is 3.84. The van der Waals surface area contributed by atoms with Gasteiger partial charge in [0.05, 0.1) is 28.8 Å². The first-order chi connectivity index (χ1) is 12.2. The molecule has 2 aromatic carbocycles. The molecule has 4 aromatic rings. The molecule has 0 saturated heterocycles. The molecule has 5 heteroatoms. The van der Waals surface area contributed by atoms with Crippen LogP contribution in [0.3, 0.4) is 0 Å². The van der Waals surface area contributed by atoms with Gasteiger partial charge in [-0.25, -0.2) is 4.98 Å². The molecule has 128 valence electrons. The summed E-state index contributed by atoms with van der Waals surface area (Å²) in [6, 6.07) is 12.6. The van der Waals surface area contributed by atoms with Crippen molar-refractivity contribution < 1.29 is 0 Å². The van der Waals surface area contributed by atoms with Crippen molar-refractivity contribution >= 4 is 21.9 Å². The number of hydrogen-bond acceptors (Lipinski definition) is 3. The number of imidazole rings is 1. The zero-order valence-electron chi connectivity index (χ0n) is 14.9. The van der Waals surface area contributed by atoms with Gasteiger partial charge < -0.3 is 10.3 Å². The maximum atomic E-state index is 4.74. The number of nitrogens with one attached hydrogen (secondary N) is 2. The summed E-state index contributed by atoms with van der Waals surface area (Å²) >= 11 is 0. The highest BCUT2D eigenvalue weighted by Gasteiger charge is 2.10. The van der Waals surface area contributed by atoms with Gasteiger partial charge in [-0.3, -0.25) is 4.68 Å². The van der Waals surface area contributed by atoms with Crippen molar-refractivity contribution in [2.75, 3.05) is 0 Å². The molecule has 0 unspecified atom stereocenters. The first kappa shape index (κ1) is 15.8. The Hall–Kier alpha value is -2.66. The van der Waals surface area contributed by atoms with Gasteiger partial charge in [-0.2, -0.15) is 5.10 Å². The van der Waals surface area contributed by atoms with E-state index in [1.165, 1.54) is 22.0 Å². The molecule has 0 aliphatic carbocycles. The second kappa shape index (κ2) is 6.33. The molecule has 0 aliphatic rings. The highest BCUT2D eigenvalue weighted by molar-refractivity contribution is 5.82. The summed E-state index contributed by atoms with van der Waals surface area (Å²) in [5.41, 5.74) is 6.96. The van der Waals surface area contributed by atoms with Crippen LogP contribution in [0, 0.1) is 13.8 Å². The topological polar surface area (TPSA) is 58.5 Å². The van der Waals surface area contributed by atoms with E-state index in [2.05, 4.69) is 72.2 Å². The van der Waals surface area contributed by atoms with Crippen molar-refractivity contribution in [3.63, 3.8) is 0 Å². The predicted molar refractivity (Wildman–Crippen MR) is 102 cm³/mol. The minimum absolute atomic E-state index is 0.695. The molecule has 0 aliphatic heterocycles. The van der Waals surface area contributed by atoms with Gasteiger partial charge >= 0.3 is 0 Å². The van der Waals surface area contributed by atoms with Crippen LogP contribution in [0.15, 0.2) is 36.4 Å². The molecular formula is C20H23N5. The van der Waals surface area contributed by atoms with Crippen LogP contribution in [-0.2, 0) is 19.6 Å². The first-order valence-electron chi connectivity index (χ1n) is 8.77. The molecule has 4 rings (SSSR count). The summed E-state index contributed by atoms with van der Waals surface area (Å²) in [5, 5.41) is 9.42. The lowest BCUT2D eigenvalue weighted by molar-refractivity contribution is 0.623. The number of H-pyrrole nitrogens is 1. The molecule has 2 N–H and O–H groups in total. The van der Waals surface area contributed by atoms with Crippen LogP contribution in [0.5, 0.6) is 0 Å². The van der Waals surface area contributed by atoms with Crippen LogP contribution in [0.2, 0.25) is 0 Å². The lowest BCUT2D eigenvalue weighted by Crippen LogP contribution is -2.14. The number of aromatic amines is 1. The molecule has 2 heterocycles. The van der Waals surface area contributed by atoms with E-state index in [0.29, 0.717) is 6.54 Å². The molecule has 5 nitrogen and oxygen atoms in total. The van der Waals surface area contributed by atoms with E-state index >= 15 is 0 Å². The van der Waals surface area contributed by atoms with Gasteiger partial charge in [-0.1, -0.05) is 24.3 Å². The molecule has 0 bridgehead atoms. The minimum atomic E-state index is 0.695. The Morgan fingerprint density at radius 3 is 2.76 bits per heavy atom. The Kier molecular flexibility index (Phi) is 4.01. The van der Waals surface area contributed by atoms with Crippen LogP contribution in [-0.4, -0.2) is 19.7 Å². The van der Waals surface area contributed by atoms with Gasteiger partial charge in [0.2, 0.25) is 0 Å². The molecule has 25 heavy (non-hydrogen) atoms. The monoisotopic (exact) mass is 333 g/mol. The Morgan fingerprint density at radius 2 is 1.92 bits per heavy atom. The Labute approximate surface area is 147 Å². The number of aromatic nitrogens is 4. The van der Waals surface area contributed by atoms with Gasteiger partial charge in [0, 0.05) is 18.5 Å². The quantitative estimate of drug-likeness (QED) is 0.583. The van der Waals surface area contributed by atoms with Crippen molar-refractivity contribution in [3.8, 4) is 0 Å². The third-order valence-corrected chi connectivity index (χ3v) is 4.85. The smallest absolute Gasteiger partial charge is 0.121 e. The lowest BCUT2D eigenvalue weighted by Gasteiger charge is -2.00. The summed E-state index contributed by atoms with van der Waals surface area (Å²) in [6.45, 7) is 8.66.